The Hall–Kier alpha value is -2.80. The lowest BCUT2D eigenvalue weighted by Crippen LogP contribution is -2.47. The number of hydrogen-bond donors (Lipinski definition) is 2. The van der Waals surface area contributed by atoms with E-state index in [9.17, 15) is 4.79 Å². The predicted octanol–water partition coefficient (Wildman–Crippen LogP) is 2.88. The SMILES string of the molecule is CONC(=O)c1ccc(C)c(NC2=NCN(C(C)C)n3c(C)cc(C)c32)c1. The number of hydrogen-bond acceptors (Lipinski definition) is 5. The molecule has 0 saturated heterocycles. The van der Waals surface area contributed by atoms with Crippen LogP contribution in [-0.2, 0) is 4.84 Å². The number of anilines is 1. The molecule has 27 heavy (non-hydrogen) atoms. The third-order valence-electron chi connectivity index (χ3n) is 4.74. The third kappa shape index (κ3) is 3.55. The van der Waals surface area contributed by atoms with Gasteiger partial charge in [0.15, 0.2) is 5.84 Å². The van der Waals surface area contributed by atoms with Gasteiger partial charge >= 0.3 is 0 Å². The maximum atomic E-state index is 12.1. The summed E-state index contributed by atoms with van der Waals surface area (Å²) >= 11 is 0. The number of aliphatic imine (C=N–C) groups is 1. The van der Waals surface area contributed by atoms with Crippen LogP contribution >= 0.6 is 0 Å². The molecule has 0 unspecified atom stereocenters. The van der Waals surface area contributed by atoms with Crippen molar-refractivity contribution in [1.82, 2.24) is 10.2 Å². The van der Waals surface area contributed by atoms with Crippen LogP contribution in [0.1, 0.15) is 46.7 Å². The second-order valence-electron chi connectivity index (χ2n) is 7.10. The van der Waals surface area contributed by atoms with Crippen LogP contribution in [0.5, 0.6) is 0 Å². The normalized spacial score (nSPS) is 13.4. The van der Waals surface area contributed by atoms with Crippen LogP contribution in [0.25, 0.3) is 0 Å². The van der Waals surface area contributed by atoms with Gasteiger partial charge in [0.05, 0.1) is 7.11 Å². The lowest BCUT2D eigenvalue weighted by Gasteiger charge is -2.35. The summed E-state index contributed by atoms with van der Waals surface area (Å²) in [5, 5.41) is 5.67. The monoisotopic (exact) mass is 369 g/mol. The Balaban J connectivity index is 1.98. The smallest absolute Gasteiger partial charge is 0.274 e. The second kappa shape index (κ2) is 7.44. The fourth-order valence-electron chi connectivity index (χ4n) is 3.36. The van der Waals surface area contributed by atoms with Crippen molar-refractivity contribution in [2.45, 2.75) is 40.7 Å². The lowest BCUT2D eigenvalue weighted by molar-refractivity contribution is 0.0537. The molecule has 2 N–H and O–H groups in total. The highest BCUT2D eigenvalue weighted by atomic mass is 16.6. The van der Waals surface area contributed by atoms with Gasteiger partial charge in [0.25, 0.3) is 5.91 Å². The number of aromatic nitrogens is 1. The highest BCUT2D eigenvalue weighted by Gasteiger charge is 2.25. The van der Waals surface area contributed by atoms with E-state index < -0.39 is 0 Å². The van der Waals surface area contributed by atoms with Crippen molar-refractivity contribution in [2.24, 2.45) is 4.99 Å². The summed E-state index contributed by atoms with van der Waals surface area (Å²) in [6.45, 7) is 11.1. The van der Waals surface area contributed by atoms with Gasteiger partial charge in [-0.25, -0.2) is 10.5 Å². The van der Waals surface area contributed by atoms with Crippen molar-refractivity contribution in [1.29, 1.82) is 0 Å². The first-order valence-electron chi connectivity index (χ1n) is 9.05. The molecule has 144 valence electrons. The van der Waals surface area contributed by atoms with Gasteiger partial charge < -0.3 is 5.32 Å². The van der Waals surface area contributed by atoms with Crippen molar-refractivity contribution in [3.63, 3.8) is 0 Å². The average molecular weight is 369 g/mol. The number of amidine groups is 1. The quantitative estimate of drug-likeness (QED) is 0.813. The van der Waals surface area contributed by atoms with E-state index in [2.05, 4.69) is 54.2 Å². The molecule has 7 heteroatoms. The predicted molar refractivity (Wildman–Crippen MR) is 108 cm³/mol. The minimum atomic E-state index is -0.285. The van der Waals surface area contributed by atoms with Gasteiger partial charge in [0, 0.05) is 23.0 Å². The van der Waals surface area contributed by atoms with Crippen molar-refractivity contribution in [2.75, 3.05) is 24.1 Å². The first-order chi connectivity index (χ1) is 12.8. The largest absolute Gasteiger partial charge is 0.338 e. The summed E-state index contributed by atoms with van der Waals surface area (Å²) in [4.78, 5) is 21.6. The maximum absolute atomic E-state index is 12.1. The first kappa shape index (κ1) is 19.0. The van der Waals surface area contributed by atoms with E-state index in [0.717, 1.165) is 28.3 Å². The van der Waals surface area contributed by atoms with Crippen molar-refractivity contribution >= 4 is 17.4 Å². The average Bonchev–Trinajstić information content (AvgIpc) is 2.92. The first-order valence-corrected chi connectivity index (χ1v) is 9.05. The summed E-state index contributed by atoms with van der Waals surface area (Å²) in [6.07, 6.45) is 0. The number of aryl methyl sites for hydroxylation is 3. The molecule has 0 bridgehead atoms. The summed E-state index contributed by atoms with van der Waals surface area (Å²) in [5.41, 5.74) is 8.15. The Labute approximate surface area is 160 Å². The topological polar surface area (TPSA) is 70.9 Å². The molecule has 0 saturated carbocycles. The molecular weight excluding hydrogens is 342 g/mol. The van der Waals surface area contributed by atoms with Gasteiger partial charge in [0.2, 0.25) is 0 Å². The van der Waals surface area contributed by atoms with E-state index in [1.807, 2.05) is 19.1 Å². The van der Waals surface area contributed by atoms with Gasteiger partial charge in [-0.05, 0) is 63.9 Å². The molecule has 1 aliphatic heterocycles. The second-order valence-corrected chi connectivity index (χ2v) is 7.10. The molecule has 2 aromatic rings. The molecule has 1 amide bonds. The molecule has 7 nitrogen and oxygen atoms in total. The number of carbonyl (C=O) groups is 1. The molecular formula is C20H27N5O2. The van der Waals surface area contributed by atoms with Crippen molar-refractivity contribution in [3.05, 3.63) is 52.3 Å². The van der Waals surface area contributed by atoms with E-state index >= 15 is 0 Å². The number of amides is 1. The summed E-state index contributed by atoms with van der Waals surface area (Å²) in [5.74, 6) is 0.525. The van der Waals surface area contributed by atoms with Crippen molar-refractivity contribution < 1.29 is 9.63 Å². The van der Waals surface area contributed by atoms with Crippen LogP contribution in [-0.4, -0.2) is 36.2 Å². The van der Waals surface area contributed by atoms with Crippen LogP contribution < -0.4 is 15.8 Å². The number of nitrogens with one attached hydrogen (secondary N) is 2. The Morgan fingerprint density at radius 3 is 2.59 bits per heavy atom. The number of rotatable bonds is 4. The summed E-state index contributed by atoms with van der Waals surface area (Å²) in [6, 6.07) is 8.01. The van der Waals surface area contributed by atoms with Crippen LogP contribution in [0.2, 0.25) is 0 Å². The van der Waals surface area contributed by atoms with Crippen molar-refractivity contribution in [3.8, 4) is 0 Å². The number of hydroxylamine groups is 1. The summed E-state index contributed by atoms with van der Waals surface area (Å²) in [7, 11) is 1.42. The molecule has 3 rings (SSSR count). The zero-order chi connectivity index (χ0) is 19.7. The molecule has 0 spiro atoms. The lowest BCUT2D eigenvalue weighted by atomic mass is 10.1. The molecule has 0 atom stereocenters. The third-order valence-corrected chi connectivity index (χ3v) is 4.74. The van der Waals surface area contributed by atoms with Crippen LogP contribution in [0.4, 0.5) is 5.69 Å². The van der Waals surface area contributed by atoms with E-state index in [1.165, 1.54) is 12.8 Å². The van der Waals surface area contributed by atoms with Gasteiger partial charge in [0.1, 0.15) is 12.4 Å². The molecule has 1 aromatic carbocycles. The highest BCUT2D eigenvalue weighted by Crippen LogP contribution is 2.24. The Bertz CT molecular complexity index is 898. The number of nitrogens with zero attached hydrogens (tertiary/aromatic N) is 3. The van der Waals surface area contributed by atoms with E-state index in [-0.39, 0.29) is 5.91 Å². The molecule has 0 fully saturated rings. The fourth-order valence-corrected chi connectivity index (χ4v) is 3.36. The zero-order valence-corrected chi connectivity index (χ0v) is 16.8. The van der Waals surface area contributed by atoms with Crippen LogP contribution in [0.3, 0.4) is 0 Å². The van der Waals surface area contributed by atoms with Gasteiger partial charge in [-0.2, -0.15) is 0 Å². The fraction of sp³-hybridized carbons (Fsp3) is 0.400. The van der Waals surface area contributed by atoms with Gasteiger partial charge in [-0.3, -0.25) is 19.3 Å². The number of benzene rings is 1. The molecule has 0 aliphatic carbocycles. The molecule has 1 aromatic heterocycles. The summed E-state index contributed by atoms with van der Waals surface area (Å²) < 4.78 is 2.23. The van der Waals surface area contributed by atoms with Crippen LogP contribution in [0.15, 0.2) is 29.3 Å². The Kier molecular flexibility index (Phi) is 5.23. The molecule has 0 radical (unpaired) electrons. The minimum absolute atomic E-state index is 0.285. The maximum Gasteiger partial charge on any atom is 0.274 e. The van der Waals surface area contributed by atoms with E-state index in [0.29, 0.717) is 18.3 Å². The standard InChI is InChI=1S/C20H27N5O2/c1-12(2)24-11-21-19(18-14(4)9-15(5)25(18)24)22-17-10-16(8-7-13(17)3)20(26)23-27-6/h7-10,12H,11H2,1-6H3,(H,21,22)(H,23,26). The van der Waals surface area contributed by atoms with Gasteiger partial charge in [-0.15, -0.1) is 0 Å². The number of fused-ring (bicyclic) bond motifs is 1. The number of carbonyl (C=O) groups excluding carboxylic acids is 1. The van der Waals surface area contributed by atoms with E-state index in [1.54, 1.807) is 6.07 Å². The Morgan fingerprint density at radius 1 is 1.19 bits per heavy atom. The zero-order valence-electron chi connectivity index (χ0n) is 16.8. The van der Waals surface area contributed by atoms with Gasteiger partial charge in [-0.1, -0.05) is 6.07 Å². The van der Waals surface area contributed by atoms with E-state index in [4.69, 9.17) is 9.83 Å². The minimum Gasteiger partial charge on any atom is -0.338 e. The van der Waals surface area contributed by atoms with Crippen LogP contribution in [0, 0.1) is 20.8 Å². The highest BCUT2D eigenvalue weighted by molar-refractivity contribution is 6.09. The molecule has 2 heterocycles. The Morgan fingerprint density at radius 2 is 1.93 bits per heavy atom. The molecule has 1 aliphatic rings.